The maximum absolute atomic E-state index is 13.6. The van der Waals surface area contributed by atoms with Gasteiger partial charge in [0, 0.05) is 11.1 Å². The molecule has 1 aromatic carbocycles. The van der Waals surface area contributed by atoms with Crippen LogP contribution in [0.25, 0.3) is 10.9 Å². The highest BCUT2D eigenvalue weighted by molar-refractivity contribution is 5.94. The smallest absolute Gasteiger partial charge is 0.335 e. The maximum Gasteiger partial charge on any atom is 0.335 e. The van der Waals surface area contributed by atoms with E-state index in [0.29, 0.717) is 11.1 Å². The lowest BCUT2D eigenvalue weighted by Crippen LogP contribution is -1.99. The summed E-state index contributed by atoms with van der Waals surface area (Å²) in [5, 5.41) is 9.37. The van der Waals surface area contributed by atoms with Crippen molar-refractivity contribution in [2.45, 2.75) is 13.8 Å². The summed E-state index contributed by atoms with van der Waals surface area (Å²) >= 11 is 0. The Labute approximate surface area is 91.5 Å². The van der Waals surface area contributed by atoms with Crippen molar-refractivity contribution >= 4 is 16.9 Å². The Balaban J connectivity index is 2.87. The molecule has 16 heavy (non-hydrogen) atoms. The van der Waals surface area contributed by atoms with Crippen LogP contribution in [-0.2, 0) is 0 Å². The van der Waals surface area contributed by atoms with E-state index in [-0.39, 0.29) is 11.1 Å². The van der Waals surface area contributed by atoms with Gasteiger partial charge in [-0.3, -0.25) is 4.98 Å². The minimum absolute atomic E-state index is 0.0567. The number of hydrogen-bond acceptors (Lipinski definition) is 2. The van der Waals surface area contributed by atoms with Gasteiger partial charge in [-0.15, -0.1) is 0 Å². The summed E-state index contributed by atoms with van der Waals surface area (Å²) in [5.74, 6) is -1.73. The lowest BCUT2D eigenvalue weighted by Gasteiger charge is -2.05. The molecule has 0 bridgehead atoms. The number of aryl methyl sites for hydroxylation is 2. The molecule has 0 fully saturated rings. The van der Waals surface area contributed by atoms with Gasteiger partial charge in [0.25, 0.3) is 0 Å². The number of hydrogen-bond donors (Lipinski definition) is 1. The quantitative estimate of drug-likeness (QED) is 0.802. The van der Waals surface area contributed by atoms with Crippen molar-refractivity contribution in [2.24, 2.45) is 0 Å². The van der Waals surface area contributed by atoms with E-state index >= 15 is 0 Å². The van der Waals surface area contributed by atoms with E-state index in [1.54, 1.807) is 13.0 Å². The van der Waals surface area contributed by atoms with E-state index in [4.69, 9.17) is 5.11 Å². The number of pyridine rings is 1. The van der Waals surface area contributed by atoms with Crippen LogP contribution in [0.4, 0.5) is 4.39 Å². The van der Waals surface area contributed by atoms with Gasteiger partial charge >= 0.3 is 5.97 Å². The fourth-order valence-electron chi connectivity index (χ4n) is 1.74. The molecule has 0 saturated carbocycles. The molecule has 82 valence electrons. The van der Waals surface area contributed by atoms with Crippen LogP contribution in [0, 0.1) is 19.7 Å². The third kappa shape index (κ3) is 1.62. The van der Waals surface area contributed by atoms with Crippen LogP contribution in [0.2, 0.25) is 0 Å². The van der Waals surface area contributed by atoms with E-state index in [2.05, 4.69) is 4.98 Å². The molecule has 4 heteroatoms. The second kappa shape index (κ2) is 3.56. The average molecular weight is 219 g/mol. The second-order valence-electron chi connectivity index (χ2n) is 3.74. The highest BCUT2D eigenvalue weighted by Crippen LogP contribution is 2.22. The summed E-state index contributed by atoms with van der Waals surface area (Å²) < 4.78 is 13.6. The Morgan fingerprint density at radius 3 is 2.62 bits per heavy atom. The first-order valence-corrected chi connectivity index (χ1v) is 4.80. The molecule has 0 atom stereocenters. The van der Waals surface area contributed by atoms with Crippen LogP contribution >= 0.6 is 0 Å². The van der Waals surface area contributed by atoms with Crippen LogP contribution < -0.4 is 0 Å². The summed E-state index contributed by atoms with van der Waals surface area (Å²) in [6, 6.07) is 4.24. The summed E-state index contributed by atoms with van der Waals surface area (Å²) in [7, 11) is 0. The first-order chi connectivity index (χ1) is 7.49. The topological polar surface area (TPSA) is 50.2 Å². The molecule has 0 amide bonds. The number of benzene rings is 1. The predicted molar refractivity (Wildman–Crippen MR) is 58.1 cm³/mol. The van der Waals surface area contributed by atoms with Crippen molar-refractivity contribution < 1.29 is 14.3 Å². The fraction of sp³-hybridized carbons (Fsp3) is 0.167. The second-order valence-corrected chi connectivity index (χ2v) is 3.74. The lowest BCUT2D eigenvalue weighted by atomic mass is 10.1. The normalized spacial score (nSPS) is 10.7. The molecule has 2 rings (SSSR count). The Bertz CT molecular complexity index is 593. The molecule has 0 unspecified atom stereocenters. The number of rotatable bonds is 1. The first kappa shape index (κ1) is 10.5. The van der Waals surface area contributed by atoms with E-state index in [9.17, 15) is 9.18 Å². The minimum atomic E-state index is -1.14. The summed E-state index contributed by atoms with van der Waals surface area (Å²) in [6.07, 6.45) is 0. The molecule has 1 aromatic heterocycles. The summed E-state index contributed by atoms with van der Waals surface area (Å²) in [6.45, 7) is 3.58. The average Bonchev–Trinajstić information content (AvgIpc) is 2.19. The molecule has 2 aromatic rings. The molecule has 1 heterocycles. The molecule has 0 spiro atoms. The monoisotopic (exact) mass is 219 g/mol. The predicted octanol–water partition coefficient (Wildman–Crippen LogP) is 2.69. The van der Waals surface area contributed by atoms with Crippen molar-refractivity contribution in [2.75, 3.05) is 0 Å². The largest absolute Gasteiger partial charge is 0.478 e. The number of aromatic carboxylic acids is 1. The zero-order valence-corrected chi connectivity index (χ0v) is 8.91. The van der Waals surface area contributed by atoms with Gasteiger partial charge in [-0.05, 0) is 37.6 Å². The third-order valence-corrected chi connectivity index (χ3v) is 2.45. The van der Waals surface area contributed by atoms with Gasteiger partial charge in [-0.1, -0.05) is 0 Å². The summed E-state index contributed by atoms with van der Waals surface area (Å²) in [4.78, 5) is 14.9. The van der Waals surface area contributed by atoms with Gasteiger partial charge in [0.1, 0.15) is 11.3 Å². The standard InChI is InChI=1S/C12H10FNO2/c1-6-3-7(2)14-11-9(6)4-8(12(15)16)5-10(11)13/h3-5H,1-2H3,(H,15,16). The molecular formula is C12H10FNO2. The van der Waals surface area contributed by atoms with Crippen LogP contribution in [0.1, 0.15) is 21.6 Å². The van der Waals surface area contributed by atoms with Gasteiger partial charge in [0.05, 0.1) is 5.56 Å². The molecule has 0 saturated heterocycles. The SMILES string of the molecule is Cc1cc(C)c2cc(C(=O)O)cc(F)c2n1. The zero-order valence-electron chi connectivity index (χ0n) is 8.91. The highest BCUT2D eigenvalue weighted by atomic mass is 19.1. The number of aromatic nitrogens is 1. The van der Waals surface area contributed by atoms with Crippen molar-refractivity contribution in [3.63, 3.8) is 0 Å². The van der Waals surface area contributed by atoms with Gasteiger partial charge in [0.2, 0.25) is 0 Å². The summed E-state index contributed by atoms with van der Waals surface area (Å²) in [5.41, 5.74) is 1.71. The van der Waals surface area contributed by atoms with Crippen molar-refractivity contribution in [3.05, 3.63) is 40.8 Å². The molecule has 1 N–H and O–H groups in total. The van der Waals surface area contributed by atoms with E-state index in [0.717, 1.165) is 11.6 Å². The molecule has 0 aliphatic rings. The first-order valence-electron chi connectivity index (χ1n) is 4.80. The highest BCUT2D eigenvalue weighted by Gasteiger charge is 2.11. The number of carbonyl (C=O) groups is 1. The number of halogens is 1. The number of nitrogens with zero attached hydrogens (tertiary/aromatic N) is 1. The lowest BCUT2D eigenvalue weighted by molar-refractivity contribution is 0.0696. The van der Waals surface area contributed by atoms with E-state index < -0.39 is 11.8 Å². The van der Waals surface area contributed by atoms with Gasteiger partial charge in [0.15, 0.2) is 0 Å². The molecular weight excluding hydrogens is 209 g/mol. The molecule has 0 radical (unpaired) electrons. The fourth-order valence-corrected chi connectivity index (χ4v) is 1.74. The van der Waals surface area contributed by atoms with Crippen molar-refractivity contribution in [1.29, 1.82) is 0 Å². The number of carboxylic acids is 1. The Hall–Kier alpha value is -1.97. The van der Waals surface area contributed by atoms with Crippen LogP contribution in [0.5, 0.6) is 0 Å². The van der Waals surface area contributed by atoms with Crippen LogP contribution in [-0.4, -0.2) is 16.1 Å². The number of carboxylic acid groups (broad SMARTS) is 1. The Kier molecular flexibility index (Phi) is 2.34. The Morgan fingerprint density at radius 2 is 2.00 bits per heavy atom. The van der Waals surface area contributed by atoms with Crippen LogP contribution in [0.3, 0.4) is 0 Å². The molecule has 0 aliphatic carbocycles. The van der Waals surface area contributed by atoms with Gasteiger partial charge in [-0.25, -0.2) is 9.18 Å². The molecule has 0 aliphatic heterocycles. The van der Waals surface area contributed by atoms with Gasteiger partial charge < -0.3 is 5.11 Å². The third-order valence-electron chi connectivity index (χ3n) is 2.45. The van der Waals surface area contributed by atoms with E-state index in [1.165, 1.54) is 6.07 Å². The Morgan fingerprint density at radius 1 is 1.31 bits per heavy atom. The maximum atomic E-state index is 13.6. The number of fused-ring (bicyclic) bond motifs is 1. The van der Waals surface area contributed by atoms with Gasteiger partial charge in [-0.2, -0.15) is 0 Å². The molecule has 3 nitrogen and oxygen atoms in total. The van der Waals surface area contributed by atoms with E-state index in [1.807, 2.05) is 6.92 Å². The van der Waals surface area contributed by atoms with Crippen molar-refractivity contribution in [3.8, 4) is 0 Å². The van der Waals surface area contributed by atoms with Crippen molar-refractivity contribution in [1.82, 2.24) is 4.98 Å². The minimum Gasteiger partial charge on any atom is -0.478 e. The van der Waals surface area contributed by atoms with Crippen LogP contribution in [0.15, 0.2) is 18.2 Å². The zero-order chi connectivity index (χ0) is 11.9.